The fraction of sp³-hybridized carbons (Fsp3) is 0.192. The Bertz CT molecular complexity index is 1740. The topological polar surface area (TPSA) is 127 Å². The Labute approximate surface area is 220 Å². The van der Waals surface area contributed by atoms with Gasteiger partial charge in [0.05, 0.1) is 22.5 Å². The summed E-state index contributed by atoms with van der Waals surface area (Å²) in [6.45, 7) is 0.918. The Balaban J connectivity index is 1.61. The van der Waals surface area contributed by atoms with Gasteiger partial charge in [-0.1, -0.05) is 18.2 Å². The highest BCUT2D eigenvalue weighted by atomic mass is 32.2. The van der Waals surface area contributed by atoms with Crippen molar-refractivity contribution >= 4 is 31.4 Å². The largest absolute Gasteiger partial charge is 0.340 e. The fourth-order valence-electron chi connectivity index (χ4n) is 4.67. The van der Waals surface area contributed by atoms with E-state index >= 15 is 0 Å². The predicted octanol–water partition coefficient (Wildman–Crippen LogP) is 3.38. The van der Waals surface area contributed by atoms with Crippen molar-refractivity contribution in [1.82, 2.24) is 14.3 Å². The van der Waals surface area contributed by atoms with Crippen LogP contribution < -0.4 is 15.4 Å². The lowest BCUT2D eigenvalue weighted by molar-refractivity contribution is 0.586. The van der Waals surface area contributed by atoms with Crippen molar-refractivity contribution in [2.45, 2.75) is 29.2 Å². The Hall–Kier alpha value is -3.58. The molecule has 4 aromatic rings. The van der Waals surface area contributed by atoms with Crippen molar-refractivity contribution in [3.05, 3.63) is 90.1 Å². The Morgan fingerprint density at radius 1 is 1.03 bits per heavy atom. The molecule has 0 aliphatic carbocycles. The van der Waals surface area contributed by atoms with E-state index in [9.17, 15) is 21.2 Å². The summed E-state index contributed by atoms with van der Waals surface area (Å²) in [5, 5.41) is 8.33. The minimum Gasteiger partial charge on any atom is -0.340 e. The number of rotatable bonds is 7. The van der Waals surface area contributed by atoms with Crippen molar-refractivity contribution < 1.29 is 21.2 Å². The number of aryl methyl sites for hydroxylation is 1. The second kappa shape index (κ2) is 9.95. The highest BCUT2D eigenvalue weighted by Crippen LogP contribution is 2.36. The number of hydrogen-bond acceptors (Lipinski definition) is 7. The first-order valence-electron chi connectivity index (χ1n) is 11.8. The van der Waals surface area contributed by atoms with E-state index in [1.165, 1.54) is 48.9 Å². The third-order valence-corrected chi connectivity index (χ3v) is 8.99. The highest BCUT2D eigenvalue weighted by molar-refractivity contribution is 7.90. The summed E-state index contributed by atoms with van der Waals surface area (Å²) in [5.41, 5.74) is 3.04. The molecule has 0 bridgehead atoms. The molecule has 0 unspecified atom stereocenters. The Morgan fingerprint density at radius 2 is 1.82 bits per heavy atom. The van der Waals surface area contributed by atoms with Crippen LogP contribution in [0.4, 0.5) is 15.8 Å². The SMILES string of the molecule is CNCc1cc(-c2ccccc2F)n(S(=O)(=O)c2cncc(N3CCCc4ccc(S(N)(=O)=O)cc43)c2)c1. The smallest absolute Gasteiger partial charge is 0.269 e. The van der Waals surface area contributed by atoms with Crippen molar-refractivity contribution in [3.8, 4) is 11.3 Å². The van der Waals surface area contributed by atoms with Crippen LogP contribution in [0, 0.1) is 5.82 Å². The van der Waals surface area contributed by atoms with Gasteiger partial charge >= 0.3 is 0 Å². The molecule has 1 aliphatic rings. The number of nitrogens with zero attached hydrogens (tertiary/aromatic N) is 3. The lowest BCUT2D eigenvalue weighted by Crippen LogP contribution is -2.26. The lowest BCUT2D eigenvalue weighted by Gasteiger charge is -2.31. The molecule has 38 heavy (non-hydrogen) atoms. The van der Waals surface area contributed by atoms with Gasteiger partial charge in [0.1, 0.15) is 10.7 Å². The van der Waals surface area contributed by atoms with Crippen molar-refractivity contribution in [1.29, 1.82) is 0 Å². The molecule has 0 radical (unpaired) electrons. The van der Waals surface area contributed by atoms with Crippen LogP contribution in [0.25, 0.3) is 11.3 Å². The van der Waals surface area contributed by atoms with E-state index in [0.717, 1.165) is 22.4 Å². The molecule has 0 fully saturated rings. The summed E-state index contributed by atoms with van der Waals surface area (Å²) in [7, 11) is -6.37. The number of primary sulfonamides is 1. The van der Waals surface area contributed by atoms with Crippen molar-refractivity contribution in [2.24, 2.45) is 5.14 Å². The van der Waals surface area contributed by atoms with Gasteiger partial charge in [-0.05, 0) is 67.4 Å². The first-order chi connectivity index (χ1) is 18.1. The van der Waals surface area contributed by atoms with E-state index in [4.69, 9.17) is 5.14 Å². The molecule has 2 aromatic heterocycles. The molecule has 2 aromatic carbocycles. The molecule has 5 rings (SSSR count). The van der Waals surface area contributed by atoms with Crippen LogP contribution >= 0.6 is 0 Å². The van der Waals surface area contributed by atoms with Crippen LogP contribution in [-0.4, -0.2) is 39.4 Å². The highest BCUT2D eigenvalue weighted by Gasteiger charge is 2.26. The molecule has 9 nitrogen and oxygen atoms in total. The number of pyridine rings is 1. The normalized spacial score (nSPS) is 13.9. The Morgan fingerprint density at radius 3 is 2.55 bits per heavy atom. The molecule has 0 saturated carbocycles. The van der Waals surface area contributed by atoms with Gasteiger partial charge in [-0.25, -0.2) is 30.3 Å². The maximum absolute atomic E-state index is 14.7. The monoisotopic (exact) mass is 555 g/mol. The second-order valence-electron chi connectivity index (χ2n) is 9.01. The van der Waals surface area contributed by atoms with Crippen LogP contribution in [0.5, 0.6) is 0 Å². The zero-order chi connectivity index (χ0) is 27.1. The number of anilines is 2. The minimum atomic E-state index is -4.18. The molecule has 3 N–H and O–H groups in total. The summed E-state index contributed by atoms with van der Waals surface area (Å²) < 4.78 is 67.5. The number of fused-ring (bicyclic) bond motifs is 1. The molecule has 0 amide bonds. The van der Waals surface area contributed by atoms with E-state index < -0.39 is 25.9 Å². The van der Waals surface area contributed by atoms with E-state index in [1.54, 1.807) is 31.3 Å². The number of nitrogens with two attached hydrogens (primary N) is 1. The summed E-state index contributed by atoms with van der Waals surface area (Å²) >= 11 is 0. The molecule has 0 saturated heterocycles. The van der Waals surface area contributed by atoms with Crippen molar-refractivity contribution in [2.75, 3.05) is 18.5 Å². The van der Waals surface area contributed by atoms with E-state index in [2.05, 4.69) is 10.3 Å². The Kier molecular flexibility index (Phi) is 6.82. The molecule has 12 heteroatoms. The average molecular weight is 556 g/mol. The molecular formula is C26H26FN5O4S2. The molecule has 0 atom stereocenters. The van der Waals surface area contributed by atoms with E-state index in [1.807, 2.05) is 4.90 Å². The van der Waals surface area contributed by atoms with Crippen LogP contribution in [-0.2, 0) is 33.0 Å². The van der Waals surface area contributed by atoms with Gasteiger partial charge in [0.2, 0.25) is 10.0 Å². The van der Waals surface area contributed by atoms with Crippen LogP contribution in [0.2, 0.25) is 0 Å². The van der Waals surface area contributed by atoms with E-state index in [-0.39, 0.29) is 21.0 Å². The van der Waals surface area contributed by atoms with Crippen LogP contribution in [0.15, 0.2) is 83.0 Å². The summed E-state index contributed by atoms with van der Waals surface area (Å²) in [6.07, 6.45) is 5.76. The van der Waals surface area contributed by atoms with Gasteiger partial charge in [-0.2, -0.15) is 0 Å². The standard InChI is InChI=1S/C26H26FN5O4S2/c1-29-14-18-11-26(23-6-2-3-7-24(23)27)32(17-18)38(35,36)22-12-20(15-30-16-22)31-10-4-5-19-8-9-21(13-25(19)31)37(28,33)34/h2-3,6-9,11-13,15-17,29H,4-5,10,14H2,1H3,(H2,28,33,34). The predicted molar refractivity (Wildman–Crippen MR) is 143 cm³/mol. The zero-order valence-corrected chi connectivity index (χ0v) is 22.1. The van der Waals surface area contributed by atoms with Crippen molar-refractivity contribution in [3.63, 3.8) is 0 Å². The second-order valence-corrected chi connectivity index (χ2v) is 12.4. The van der Waals surface area contributed by atoms with Gasteiger partial charge in [0.25, 0.3) is 10.0 Å². The zero-order valence-electron chi connectivity index (χ0n) is 20.5. The molecule has 198 valence electrons. The molecule has 1 aliphatic heterocycles. The maximum Gasteiger partial charge on any atom is 0.269 e. The number of halogens is 1. The lowest BCUT2D eigenvalue weighted by atomic mass is 10.0. The third kappa shape index (κ3) is 4.83. The maximum atomic E-state index is 14.7. The number of hydrogen-bond donors (Lipinski definition) is 2. The number of nitrogens with one attached hydrogen (secondary N) is 1. The van der Waals surface area contributed by atoms with Gasteiger partial charge < -0.3 is 10.2 Å². The van der Waals surface area contributed by atoms with Gasteiger partial charge in [0.15, 0.2) is 0 Å². The van der Waals surface area contributed by atoms with Gasteiger partial charge in [0, 0.05) is 36.7 Å². The third-order valence-electron chi connectivity index (χ3n) is 6.44. The van der Waals surface area contributed by atoms with Gasteiger partial charge in [-0.15, -0.1) is 0 Å². The first kappa shape index (κ1) is 26.0. The molecule has 3 heterocycles. The number of benzene rings is 2. The van der Waals surface area contributed by atoms with Crippen LogP contribution in [0.3, 0.4) is 0 Å². The summed E-state index contributed by atoms with van der Waals surface area (Å²) in [6, 6.07) is 13.8. The molecule has 0 spiro atoms. The van der Waals surface area contributed by atoms with Crippen LogP contribution in [0.1, 0.15) is 17.5 Å². The van der Waals surface area contributed by atoms with Gasteiger partial charge in [-0.3, -0.25) is 4.98 Å². The average Bonchev–Trinajstić information content (AvgIpc) is 3.32. The summed E-state index contributed by atoms with van der Waals surface area (Å²) in [4.78, 5) is 5.91. The van der Waals surface area contributed by atoms with E-state index in [0.29, 0.717) is 30.0 Å². The fourth-order valence-corrected chi connectivity index (χ4v) is 6.58. The number of aromatic nitrogens is 2. The quantitative estimate of drug-likeness (QED) is 0.358. The number of sulfonamides is 1. The molecular weight excluding hydrogens is 529 g/mol. The first-order valence-corrected chi connectivity index (χ1v) is 14.8. The minimum absolute atomic E-state index is 0.0289. The summed E-state index contributed by atoms with van der Waals surface area (Å²) in [5.74, 6) is -0.541.